The van der Waals surface area contributed by atoms with Crippen LogP contribution in [0.4, 0.5) is 13.2 Å². The fraction of sp³-hybridized carbons (Fsp3) is 0.222. The highest BCUT2D eigenvalue weighted by Gasteiger charge is 2.30. The number of aromatic nitrogens is 3. The first-order valence-electron chi connectivity index (χ1n) is 7.83. The van der Waals surface area contributed by atoms with Crippen molar-refractivity contribution in [3.05, 3.63) is 48.0 Å². The van der Waals surface area contributed by atoms with E-state index < -0.39 is 11.7 Å². The van der Waals surface area contributed by atoms with Gasteiger partial charge in [-0.05, 0) is 37.3 Å². The fourth-order valence-corrected chi connectivity index (χ4v) is 2.42. The lowest BCUT2D eigenvalue weighted by Crippen LogP contribution is -2.04. The summed E-state index contributed by atoms with van der Waals surface area (Å²) in [6.45, 7) is 2.34. The number of hydrogen-bond donors (Lipinski definition) is 1. The zero-order valence-corrected chi connectivity index (χ0v) is 14.1. The summed E-state index contributed by atoms with van der Waals surface area (Å²) in [6, 6.07) is 10.0. The molecule has 1 N–H and O–H groups in total. The molecule has 136 valence electrons. The number of hydrogen-bond acceptors (Lipinski definition) is 4. The smallest absolute Gasteiger partial charge is 0.416 e. The van der Waals surface area contributed by atoms with Gasteiger partial charge in [0.2, 0.25) is 0 Å². The molecule has 2 aromatic carbocycles. The van der Waals surface area contributed by atoms with Crippen LogP contribution in [0.5, 0.6) is 11.5 Å². The van der Waals surface area contributed by atoms with Gasteiger partial charge in [-0.2, -0.15) is 18.3 Å². The molecule has 0 aliphatic heterocycles. The Morgan fingerprint density at radius 1 is 1.00 bits per heavy atom. The van der Waals surface area contributed by atoms with Crippen molar-refractivity contribution in [1.29, 1.82) is 0 Å². The number of alkyl halides is 3. The van der Waals surface area contributed by atoms with Gasteiger partial charge in [-0.1, -0.05) is 12.1 Å². The lowest BCUT2D eigenvalue weighted by molar-refractivity contribution is -0.137. The molecule has 0 unspecified atom stereocenters. The van der Waals surface area contributed by atoms with Crippen LogP contribution in [0.1, 0.15) is 12.5 Å². The third kappa shape index (κ3) is 3.63. The highest BCUT2D eigenvalue weighted by atomic mass is 19.4. The van der Waals surface area contributed by atoms with Crippen LogP contribution in [0.2, 0.25) is 0 Å². The lowest BCUT2D eigenvalue weighted by Gasteiger charge is -2.09. The molecule has 0 aliphatic carbocycles. The molecular weight excluding hydrogens is 347 g/mol. The first-order valence-corrected chi connectivity index (χ1v) is 7.83. The molecule has 0 bridgehead atoms. The van der Waals surface area contributed by atoms with E-state index in [1.165, 1.54) is 12.1 Å². The molecule has 3 rings (SSSR count). The quantitative estimate of drug-likeness (QED) is 0.722. The Labute approximate surface area is 147 Å². The monoisotopic (exact) mass is 363 g/mol. The van der Waals surface area contributed by atoms with E-state index in [1.807, 2.05) is 6.92 Å². The Hall–Kier alpha value is -3.03. The van der Waals surface area contributed by atoms with Crippen molar-refractivity contribution in [1.82, 2.24) is 15.2 Å². The topological polar surface area (TPSA) is 60.0 Å². The predicted octanol–water partition coefficient (Wildman–Crippen LogP) is 4.56. The standard InChI is InChI=1S/C18H16F3N3O2/c1-3-26-15-10-12(6-9-14(15)25-2)17-22-16(23-24-17)11-4-7-13(8-5-11)18(19,20)21/h4-10H,3H2,1-2H3,(H,22,23,24). The molecule has 0 fully saturated rings. The van der Waals surface area contributed by atoms with E-state index in [-0.39, 0.29) is 0 Å². The number of H-pyrrole nitrogens is 1. The van der Waals surface area contributed by atoms with Gasteiger partial charge >= 0.3 is 6.18 Å². The van der Waals surface area contributed by atoms with Crippen LogP contribution < -0.4 is 9.47 Å². The normalized spacial score (nSPS) is 11.4. The van der Waals surface area contributed by atoms with Gasteiger partial charge in [-0.15, -0.1) is 0 Å². The molecule has 0 spiro atoms. The number of ether oxygens (including phenoxy) is 2. The second kappa shape index (κ2) is 7.07. The Balaban J connectivity index is 1.89. The van der Waals surface area contributed by atoms with Gasteiger partial charge in [0.25, 0.3) is 0 Å². The van der Waals surface area contributed by atoms with Crippen LogP contribution in [-0.4, -0.2) is 28.9 Å². The summed E-state index contributed by atoms with van der Waals surface area (Å²) in [4.78, 5) is 4.36. The first kappa shape index (κ1) is 17.8. The number of nitrogens with one attached hydrogen (secondary N) is 1. The Kier molecular flexibility index (Phi) is 4.83. The number of aromatic amines is 1. The molecule has 0 saturated heterocycles. The summed E-state index contributed by atoms with van der Waals surface area (Å²) in [5, 5.41) is 6.88. The minimum absolute atomic E-state index is 0.377. The molecule has 0 aliphatic rings. The fourth-order valence-electron chi connectivity index (χ4n) is 2.42. The van der Waals surface area contributed by atoms with Gasteiger partial charge < -0.3 is 9.47 Å². The second-order valence-electron chi connectivity index (χ2n) is 5.38. The summed E-state index contributed by atoms with van der Waals surface area (Å²) in [7, 11) is 1.55. The Morgan fingerprint density at radius 3 is 2.31 bits per heavy atom. The van der Waals surface area contributed by atoms with Crippen LogP contribution >= 0.6 is 0 Å². The molecule has 0 radical (unpaired) electrons. The van der Waals surface area contributed by atoms with Crippen LogP contribution in [0.3, 0.4) is 0 Å². The number of benzene rings is 2. The summed E-state index contributed by atoms with van der Waals surface area (Å²) in [5.41, 5.74) is 0.497. The van der Waals surface area contributed by atoms with Crippen molar-refractivity contribution in [3.63, 3.8) is 0 Å². The van der Waals surface area contributed by atoms with Gasteiger partial charge in [0.05, 0.1) is 19.3 Å². The van der Waals surface area contributed by atoms with E-state index in [2.05, 4.69) is 15.2 Å². The molecule has 26 heavy (non-hydrogen) atoms. The van der Waals surface area contributed by atoms with E-state index in [9.17, 15) is 13.2 Å². The van der Waals surface area contributed by atoms with Crippen molar-refractivity contribution >= 4 is 0 Å². The SMILES string of the molecule is CCOc1cc(-c2n[nH]c(-c3ccc(C(F)(F)F)cc3)n2)ccc1OC. The number of rotatable bonds is 5. The first-order chi connectivity index (χ1) is 12.4. The molecule has 3 aromatic rings. The van der Waals surface area contributed by atoms with E-state index in [4.69, 9.17) is 9.47 Å². The van der Waals surface area contributed by atoms with Crippen molar-refractivity contribution in [2.24, 2.45) is 0 Å². The molecule has 0 atom stereocenters. The molecule has 0 saturated carbocycles. The number of methoxy groups -OCH3 is 1. The highest BCUT2D eigenvalue weighted by Crippen LogP contribution is 2.33. The lowest BCUT2D eigenvalue weighted by atomic mass is 10.1. The Bertz CT molecular complexity index is 889. The summed E-state index contributed by atoms with van der Waals surface area (Å²) in [6.07, 6.45) is -4.37. The predicted molar refractivity (Wildman–Crippen MR) is 90.0 cm³/mol. The second-order valence-corrected chi connectivity index (χ2v) is 5.38. The average Bonchev–Trinajstić information content (AvgIpc) is 3.11. The third-order valence-electron chi connectivity index (χ3n) is 3.69. The van der Waals surface area contributed by atoms with Crippen molar-refractivity contribution in [3.8, 4) is 34.3 Å². The maximum Gasteiger partial charge on any atom is 0.416 e. The zero-order chi connectivity index (χ0) is 18.7. The van der Waals surface area contributed by atoms with Crippen LogP contribution in [0.15, 0.2) is 42.5 Å². The molecule has 0 amide bonds. The summed E-state index contributed by atoms with van der Waals surface area (Å²) >= 11 is 0. The van der Waals surface area contributed by atoms with E-state index in [0.717, 1.165) is 12.1 Å². The van der Waals surface area contributed by atoms with Crippen molar-refractivity contribution in [2.75, 3.05) is 13.7 Å². The van der Waals surface area contributed by atoms with Crippen LogP contribution in [0, 0.1) is 0 Å². The Morgan fingerprint density at radius 2 is 1.69 bits per heavy atom. The maximum absolute atomic E-state index is 12.7. The van der Waals surface area contributed by atoms with Crippen LogP contribution in [0.25, 0.3) is 22.8 Å². The van der Waals surface area contributed by atoms with Crippen molar-refractivity contribution in [2.45, 2.75) is 13.1 Å². The van der Waals surface area contributed by atoms with Gasteiger partial charge in [0.1, 0.15) is 0 Å². The van der Waals surface area contributed by atoms with Crippen LogP contribution in [-0.2, 0) is 6.18 Å². The largest absolute Gasteiger partial charge is 0.493 e. The highest BCUT2D eigenvalue weighted by molar-refractivity contribution is 5.64. The minimum Gasteiger partial charge on any atom is -0.493 e. The van der Waals surface area contributed by atoms with E-state index >= 15 is 0 Å². The van der Waals surface area contributed by atoms with Crippen molar-refractivity contribution < 1.29 is 22.6 Å². The van der Waals surface area contributed by atoms with Gasteiger partial charge in [-0.3, -0.25) is 5.10 Å². The third-order valence-corrected chi connectivity index (χ3v) is 3.69. The molecule has 5 nitrogen and oxygen atoms in total. The molecular formula is C18H16F3N3O2. The molecule has 1 heterocycles. The van der Waals surface area contributed by atoms with Gasteiger partial charge in [-0.25, -0.2) is 4.98 Å². The number of nitrogens with zero attached hydrogens (tertiary/aromatic N) is 2. The molecule has 1 aromatic heterocycles. The van der Waals surface area contributed by atoms with Gasteiger partial charge in [0, 0.05) is 11.1 Å². The molecule has 8 heteroatoms. The van der Waals surface area contributed by atoms with Gasteiger partial charge in [0.15, 0.2) is 23.1 Å². The average molecular weight is 363 g/mol. The maximum atomic E-state index is 12.7. The van der Waals surface area contributed by atoms with E-state index in [1.54, 1.807) is 25.3 Å². The summed E-state index contributed by atoms with van der Waals surface area (Å²) < 4.78 is 48.7. The van der Waals surface area contributed by atoms with E-state index in [0.29, 0.717) is 40.9 Å². The summed E-state index contributed by atoms with van der Waals surface area (Å²) in [5.74, 6) is 1.94. The minimum atomic E-state index is -4.37. The number of halogens is 3. The zero-order valence-electron chi connectivity index (χ0n) is 14.1.